The van der Waals surface area contributed by atoms with Crippen LogP contribution in [0, 0.1) is 0 Å². The Morgan fingerprint density at radius 3 is 3.12 bits per heavy atom. The quantitative estimate of drug-likeness (QED) is 0.436. The molecule has 0 aliphatic carbocycles. The number of ether oxygens (including phenoxy) is 2. The standard InChI is InChI=1S/C20H22N8O5S/c1-27-16(30)3-2-12-18(27)26-15(8-22-12)32-5-4-21-6-11-9-28(20(31)33-11)13-7-23-19-17(24-13)25-14(29)10-34-19/h2-3,7-8,11-12,21-22H,4-6,9-10H2,1H3,(H,24,25,29)/t11-,12?/m1/s1. The normalized spacial score (nSPS) is 23.4. The Kier molecular flexibility index (Phi) is 6.06. The smallest absolute Gasteiger partial charge is 0.416 e. The first-order valence-corrected chi connectivity index (χ1v) is 11.6. The number of hydrogen-bond acceptors (Lipinski definition) is 11. The lowest BCUT2D eigenvalue weighted by atomic mass is 10.1. The van der Waals surface area contributed by atoms with E-state index in [1.54, 1.807) is 19.3 Å². The number of thioether (sulfide) groups is 1. The highest BCUT2D eigenvalue weighted by atomic mass is 32.2. The molecule has 1 unspecified atom stereocenters. The van der Waals surface area contributed by atoms with E-state index < -0.39 is 6.09 Å². The van der Waals surface area contributed by atoms with Gasteiger partial charge in [0.05, 0.1) is 24.7 Å². The first-order valence-electron chi connectivity index (χ1n) is 10.6. The number of amides is 3. The highest BCUT2D eigenvalue weighted by molar-refractivity contribution is 8.00. The molecule has 0 radical (unpaired) electrons. The van der Waals surface area contributed by atoms with Gasteiger partial charge in [-0.2, -0.15) is 4.99 Å². The summed E-state index contributed by atoms with van der Waals surface area (Å²) in [7, 11) is 1.67. The van der Waals surface area contributed by atoms with Crippen LogP contribution in [-0.2, 0) is 19.1 Å². The summed E-state index contributed by atoms with van der Waals surface area (Å²) in [5, 5.41) is 9.61. The summed E-state index contributed by atoms with van der Waals surface area (Å²) in [6, 6.07) is -0.150. The zero-order chi connectivity index (χ0) is 23.7. The van der Waals surface area contributed by atoms with E-state index >= 15 is 0 Å². The van der Waals surface area contributed by atoms with Crippen molar-refractivity contribution in [3.63, 3.8) is 0 Å². The van der Waals surface area contributed by atoms with E-state index in [4.69, 9.17) is 9.47 Å². The molecule has 178 valence electrons. The van der Waals surface area contributed by atoms with Gasteiger partial charge in [-0.15, -0.1) is 0 Å². The molecule has 1 aromatic rings. The van der Waals surface area contributed by atoms with Crippen molar-refractivity contribution in [1.82, 2.24) is 25.5 Å². The number of amidine groups is 1. The maximum atomic E-state index is 12.3. The third-order valence-electron chi connectivity index (χ3n) is 5.37. The lowest BCUT2D eigenvalue weighted by Gasteiger charge is -2.30. The summed E-state index contributed by atoms with van der Waals surface area (Å²) in [5.41, 5.74) is 0. The first kappa shape index (κ1) is 22.2. The topological polar surface area (TPSA) is 150 Å². The summed E-state index contributed by atoms with van der Waals surface area (Å²) in [6.45, 7) is 1.56. The second-order valence-electron chi connectivity index (χ2n) is 7.74. The fourth-order valence-corrected chi connectivity index (χ4v) is 4.35. The second kappa shape index (κ2) is 9.30. The van der Waals surface area contributed by atoms with Crippen LogP contribution in [0.25, 0.3) is 0 Å². The Balaban J connectivity index is 1.07. The van der Waals surface area contributed by atoms with Gasteiger partial charge in [0.2, 0.25) is 11.8 Å². The molecule has 4 aliphatic rings. The Bertz CT molecular complexity index is 1120. The molecule has 13 nitrogen and oxygen atoms in total. The Morgan fingerprint density at radius 2 is 2.24 bits per heavy atom. The second-order valence-corrected chi connectivity index (χ2v) is 8.71. The van der Waals surface area contributed by atoms with Crippen molar-refractivity contribution in [2.24, 2.45) is 4.99 Å². The van der Waals surface area contributed by atoms with Crippen molar-refractivity contribution >= 4 is 47.1 Å². The molecule has 1 saturated heterocycles. The number of aliphatic imine (C=N–C) groups is 1. The predicted molar refractivity (Wildman–Crippen MR) is 122 cm³/mol. The fraction of sp³-hybridized carbons (Fsp3) is 0.400. The van der Waals surface area contributed by atoms with Gasteiger partial charge in [-0.25, -0.2) is 14.8 Å². The number of cyclic esters (lactones) is 1. The minimum absolute atomic E-state index is 0.134. The Labute approximate surface area is 198 Å². The van der Waals surface area contributed by atoms with Crippen molar-refractivity contribution < 1.29 is 23.9 Å². The van der Waals surface area contributed by atoms with E-state index in [1.165, 1.54) is 33.8 Å². The molecule has 0 aromatic carbocycles. The molecule has 0 bridgehead atoms. The molecule has 4 aliphatic heterocycles. The van der Waals surface area contributed by atoms with Crippen molar-refractivity contribution in [3.05, 3.63) is 30.4 Å². The molecule has 5 rings (SSSR count). The van der Waals surface area contributed by atoms with Crippen LogP contribution in [0.4, 0.5) is 16.4 Å². The molecular weight excluding hydrogens is 464 g/mol. The maximum Gasteiger partial charge on any atom is 0.416 e. The molecular formula is C20H22N8O5S. The molecule has 2 atom stereocenters. The molecule has 0 spiro atoms. The zero-order valence-corrected chi connectivity index (χ0v) is 19.0. The number of aromatic nitrogens is 2. The van der Waals surface area contributed by atoms with Crippen LogP contribution < -0.4 is 20.9 Å². The number of nitrogens with one attached hydrogen (secondary N) is 3. The van der Waals surface area contributed by atoms with Gasteiger partial charge in [-0.05, 0) is 6.08 Å². The average Bonchev–Trinajstić information content (AvgIpc) is 3.21. The van der Waals surface area contributed by atoms with Gasteiger partial charge in [0.25, 0.3) is 5.91 Å². The van der Waals surface area contributed by atoms with Crippen LogP contribution in [0.2, 0.25) is 0 Å². The monoisotopic (exact) mass is 486 g/mol. The number of anilines is 2. The molecule has 1 aromatic heterocycles. The van der Waals surface area contributed by atoms with Gasteiger partial charge in [0.15, 0.2) is 11.6 Å². The van der Waals surface area contributed by atoms with Crippen LogP contribution in [0.1, 0.15) is 0 Å². The number of nitrogens with zero attached hydrogens (tertiary/aromatic N) is 5. The van der Waals surface area contributed by atoms with E-state index in [2.05, 4.69) is 30.9 Å². The van der Waals surface area contributed by atoms with Crippen LogP contribution in [0.15, 0.2) is 40.5 Å². The predicted octanol–water partition coefficient (Wildman–Crippen LogP) is -0.350. The van der Waals surface area contributed by atoms with Gasteiger partial charge >= 0.3 is 6.09 Å². The first-order chi connectivity index (χ1) is 16.5. The molecule has 3 N–H and O–H groups in total. The SMILES string of the molecule is CN1C(=O)C=CC2NC=C(OCCNC[C@@H]3CN(c4cnc5c(n4)NC(=O)CS5)C(=O)O3)N=C21. The Hall–Kier alpha value is -3.65. The van der Waals surface area contributed by atoms with Crippen LogP contribution in [0.3, 0.4) is 0 Å². The molecule has 1 fully saturated rings. The van der Waals surface area contributed by atoms with Crippen molar-refractivity contribution in [3.8, 4) is 0 Å². The van der Waals surface area contributed by atoms with Crippen molar-refractivity contribution in [2.75, 3.05) is 49.3 Å². The summed E-state index contributed by atoms with van der Waals surface area (Å²) < 4.78 is 11.1. The Morgan fingerprint density at radius 1 is 1.35 bits per heavy atom. The number of hydrogen-bond donors (Lipinski definition) is 3. The molecule has 34 heavy (non-hydrogen) atoms. The number of rotatable bonds is 7. The van der Waals surface area contributed by atoms with E-state index in [1.807, 2.05) is 0 Å². The lowest BCUT2D eigenvalue weighted by Crippen LogP contribution is -2.49. The van der Waals surface area contributed by atoms with Gasteiger partial charge < -0.3 is 25.4 Å². The summed E-state index contributed by atoms with van der Waals surface area (Å²) in [5.74, 6) is 1.65. The van der Waals surface area contributed by atoms with E-state index in [0.717, 1.165) is 0 Å². The number of carbonyl (C=O) groups excluding carboxylic acids is 3. The fourth-order valence-electron chi connectivity index (χ4n) is 3.65. The number of carbonyl (C=O) groups is 3. The number of fused-ring (bicyclic) bond motifs is 2. The van der Waals surface area contributed by atoms with Gasteiger partial charge in [-0.3, -0.25) is 19.4 Å². The summed E-state index contributed by atoms with van der Waals surface area (Å²) in [6.07, 6.45) is 5.54. The zero-order valence-electron chi connectivity index (χ0n) is 18.2. The van der Waals surface area contributed by atoms with E-state index in [9.17, 15) is 14.4 Å². The maximum absolute atomic E-state index is 12.3. The molecule has 14 heteroatoms. The van der Waals surface area contributed by atoms with Gasteiger partial charge in [-0.1, -0.05) is 11.8 Å². The largest absolute Gasteiger partial charge is 0.475 e. The van der Waals surface area contributed by atoms with Gasteiger partial charge in [0, 0.05) is 26.2 Å². The third kappa shape index (κ3) is 4.54. The summed E-state index contributed by atoms with van der Waals surface area (Å²) in [4.78, 5) is 51.6. The molecule has 0 saturated carbocycles. The number of likely N-dealkylation sites (N-methyl/N-ethyl adjacent to an activating group) is 1. The van der Waals surface area contributed by atoms with Crippen LogP contribution in [-0.4, -0.2) is 89.8 Å². The van der Waals surface area contributed by atoms with Crippen molar-refractivity contribution in [1.29, 1.82) is 0 Å². The lowest BCUT2D eigenvalue weighted by molar-refractivity contribution is -0.122. The molecule has 5 heterocycles. The minimum atomic E-state index is -0.517. The van der Waals surface area contributed by atoms with Crippen LogP contribution in [0.5, 0.6) is 0 Å². The molecule has 3 amide bonds. The third-order valence-corrected chi connectivity index (χ3v) is 6.35. The minimum Gasteiger partial charge on any atom is -0.475 e. The highest BCUT2D eigenvalue weighted by Crippen LogP contribution is 2.30. The van der Waals surface area contributed by atoms with E-state index in [-0.39, 0.29) is 24.0 Å². The van der Waals surface area contributed by atoms with Gasteiger partial charge in [0.1, 0.15) is 29.6 Å². The highest BCUT2D eigenvalue weighted by Gasteiger charge is 2.34. The van der Waals surface area contributed by atoms with Crippen molar-refractivity contribution in [2.45, 2.75) is 17.2 Å². The van der Waals surface area contributed by atoms with Crippen LogP contribution >= 0.6 is 11.8 Å². The summed E-state index contributed by atoms with van der Waals surface area (Å²) >= 11 is 1.30. The average molecular weight is 487 g/mol. The van der Waals surface area contributed by atoms with E-state index in [0.29, 0.717) is 60.4 Å².